The number of hydrogen-bond acceptors (Lipinski definition) is 2. The molecule has 1 heterocycles. The summed E-state index contributed by atoms with van der Waals surface area (Å²) < 4.78 is 15.9. The second-order valence-corrected chi connectivity index (χ2v) is 7.11. The molecule has 0 spiro atoms. The van der Waals surface area contributed by atoms with Gasteiger partial charge in [0.05, 0.1) is 16.7 Å². The number of anilines is 1. The number of fused-ring (bicyclic) bond motifs is 1. The van der Waals surface area contributed by atoms with Crippen LogP contribution < -0.4 is 5.32 Å². The minimum absolute atomic E-state index is 0.202. The first-order chi connectivity index (χ1) is 14.1. The van der Waals surface area contributed by atoms with Crippen molar-refractivity contribution in [3.63, 3.8) is 0 Å². The number of para-hydroxylation sites is 3. The van der Waals surface area contributed by atoms with E-state index >= 15 is 0 Å². The Kier molecular flexibility index (Phi) is 5.38. The summed E-state index contributed by atoms with van der Waals surface area (Å²) in [6.07, 6.45) is 0.917. The number of carbonyl (C=O) groups excluding carboxylic acids is 1. The molecular formula is C24H22FN3O. The number of imidazole rings is 1. The summed E-state index contributed by atoms with van der Waals surface area (Å²) in [6.45, 7) is 2.54. The first kappa shape index (κ1) is 18.9. The number of halogens is 1. The van der Waals surface area contributed by atoms with Crippen LogP contribution in [0.1, 0.15) is 23.4 Å². The molecule has 0 bridgehead atoms. The lowest BCUT2D eigenvalue weighted by molar-refractivity contribution is -0.116. The summed E-state index contributed by atoms with van der Waals surface area (Å²) in [5, 5.41) is 2.65. The summed E-state index contributed by atoms with van der Waals surface area (Å²) in [4.78, 5) is 17.2. The van der Waals surface area contributed by atoms with Gasteiger partial charge in [0.1, 0.15) is 11.6 Å². The predicted molar refractivity (Wildman–Crippen MR) is 113 cm³/mol. The minimum Gasteiger partial charge on any atom is -0.327 e. The molecule has 146 valence electrons. The van der Waals surface area contributed by atoms with E-state index in [1.54, 1.807) is 18.2 Å². The third-order valence-electron chi connectivity index (χ3n) is 4.89. The molecule has 29 heavy (non-hydrogen) atoms. The summed E-state index contributed by atoms with van der Waals surface area (Å²) in [5.41, 5.74) is 4.48. The lowest BCUT2D eigenvalue weighted by Crippen LogP contribution is -2.16. The molecule has 0 saturated heterocycles. The standard InChI is InChI=1S/C24H22FN3O/c1-17-7-6-8-18(15-17)16-23-26-21-11-4-5-12-22(21)28(23)14-13-24(29)27-20-10-3-2-9-19(20)25/h2-12,15H,13-14,16H2,1H3,(H,27,29). The monoisotopic (exact) mass is 387 g/mol. The summed E-state index contributed by atoms with van der Waals surface area (Å²) in [6, 6.07) is 22.4. The molecule has 4 aromatic rings. The van der Waals surface area contributed by atoms with Crippen molar-refractivity contribution in [2.24, 2.45) is 0 Å². The number of rotatable bonds is 6. The van der Waals surface area contributed by atoms with E-state index in [-0.39, 0.29) is 18.0 Å². The molecule has 0 fully saturated rings. The molecule has 0 radical (unpaired) electrons. The van der Waals surface area contributed by atoms with E-state index < -0.39 is 5.82 Å². The molecular weight excluding hydrogens is 365 g/mol. The van der Waals surface area contributed by atoms with Crippen molar-refractivity contribution < 1.29 is 9.18 Å². The highest BCUT2D eigenvalue weighted by Gasteiger charge is 2.13. The smallest absolute Gasteiger partial charge is 0.226 e. The third kappa shape index (κ3) is 4.35. The van der Waals surface area contributed by atoms with Crippen LogP contribution in [0.5, 0.6) is 0 Å². The quantitative estimate of drug-likeness (QED) is 0.500. The normalized spacial score (nSPS) is 11.0. The van der Waals surface area contributed by atoms with Crippen LogP contribution in [0.25, 0.3) is 11.0 Å². The van der Waals surface area contributed by atoms with Crippen LogP contribution in [0.15, 0.2) is 72.8 Å². The van der Waals surface area contributed by atoms with Gasteiger partial charge in [-0.25, -0.2) is 9.37 Å². The van der Waals surface area contributed by atoms with Crippen molar-refractivity contribution in [2.75, 3.05) is 5.32 Å². The van der Waals surface area contributed by atoms with Gasteiger partial charge >= 0.3 is 0 Å². The molecule has 0 aliphatic heterocycles. The maximum Gasteiger partial charge on any atom is 0.226 e. The van der Waals surface area contributed by atoms with E-state index in [0.29, 0.717) is 13.0 Å². The first-order valence-electron chi connectivity index (χ1n) is 9.64. The Bertz CT molecular complexity index is 1170. The van der Waals surface area contributed by atoms with E-state index in [9.17, 15) is 9.18 Å². The van der Waals surface area contributed by atoms with Gasteiger partial charge in [0.15, 0.2) is 0 Å². The molecule has 0 atom stereocenters. The second-order valence-electron chi connectivity index (χ2n) is 7.11. The lowest BCUT2D eigenvalue weighted by atomic mass is 10.1. The van der Waals surface area contributed by atoms with Crippen molar-refractivity contribution in [3.8, 4) is 0 Å². The SMILES string of the molecule is Cc1cccc(Cc2nc3ccccc3n2CCC(=O)Nc2ccccc2F)c1. The van der Waals surface area contributed by atoms with Crippen LogP contribution in [-0.4, -0.2) is 15.5 Å². The summed E-state index contributed by atoms with van der Waals surface area (Å²) in [5.74, 6) is 0.249. The third-order valence-corrected chi connectivity index (χ3v) is 4.89. The van der Waals surface area contributed by atoms with E-state index in [1.165, 1.54) is 17.2 Å². The topological polar surface area (TPSA) is 46.9 Å². The van der Waals surface area contributed by atoms with Crippen LogP contribution in [0.3, 0.4) is 0 Å². The van der Waals surface area contributed by atoms with Crippen LogP contribution >= 0.6 is 0 Å². The Balaban J connectivity index is 1.55. The van der Waals surface area contributed by atoms with Gasteiger partial charge in [0.25, 0.3) is 0 Å². The van der Waals surface area contributed by atoms with Gasteiger partial charge in [-0.3, -0.25) is 4.79 Å². The number of amides is 1. The van der Waals surface area contributed by atoms with Crippen LogP contribution in [0.4, 0.5) is 10.1 Å². The maximum absolute atomic E-state index is 13.8. The number of nitrogens with one attached hydrogen (secondary N) is 1. The molecule has 0 unspecified atom stereocenters. The number of nitrogens with zero attached hydrogens (tertiary/aromatic N) is 2. The van der Waals surface area contributed by atoms with Crippen LogP contribution in [-0.2, 0) is 17.8 Å². The molecule has 1 N–H and O–H groups in total. The lowest BCUT2D eigenvalue weighted by Gasteiger charge is -2.11. The van der Waals surface area contributed by atoms with Gasteiger partial charge in [-0.15, -0.1) is 0 Å². The number of hydrogen-bond donors (Lipinski definition) is 1. The van der Waals surface area contributed by atoms with Gasteiger partial charge in [0, 0.05) is 19.4 Å². The largest absolute Gasteiger partial charge is 0.327 e. The summed E-state index contributed by atoms with van der Waals surface area (Å²) in [7, 11) is 0. The Morgan fingerprint density at radius 2 is 1.83 bits per heavy atom. The average Bonchev–Trinajstić information content (AvgIpc) is 3.05. The van der Waals surface area contributed by atoms with E-state index in [2.05, 4.69) is 35.0 Å². The van der Waals surface area contributed by atoms with Gasteiger partial charge in [0.2, 0.25) is 5.91 Å². The fourth-order valence-corrected chi connectivity index (χ4v) is 3.50. The van der Waals surface area contributed by atoms with Gasteiger partial charge < -0.3 is 9.88 Å². The van der Waals surface area contributed by atoms with Gasteiger partial charge in [-0.1, -0.05) is 54.1 Å². The van der Waals surface area contributed by atoms with Crippen molar-refractivity contribution in [3.05, 3.63) is 95.6 Å². The van der Waals surface area contributed by atoms with Gasteiger partial charge in [-0.05, 0) is 36.8 Å². The number of carbonyl (C=O) groups is 1. The van der Waals surface area contributed by atoms with Crippen LogP contribution in [0.2, 0.25) is 0 Å². The highest BCUT2D eigenvalue weighted by molar-refractivity contribution is 5.90. The highest BCUT2D eigenvalue weighted by atomic mass is 19.1. The van der Waals surface area contributed by atoms with E-state index in [4.69, 9.17) is 4.98 Å². The molecule has 1 aromatic heterocycles. The van der Waals surface area contributed by atoms with Crippen molar-refractivity contribution in [2.45, 2.75) is 26.3 Å². The average molecular weight is 387 g/mol. The molecule has 0 aliphatic rings. The number of benzene rings is 3. The maximum atomic E-state index is 13.8. The Morgan fingerprint density at radius 1 is 1.03 bits per heavy atom. The predicted octanol–water partition coefficient (Wildman–Crippen LogP) is 5.10. The second kappa shape index (κ2) is 8.27. The Labute approximate surface area is 169 Å². The Hall–Kier alpha value is -3.47. The number of aryl methyl sites for hydroxylation is 2. The molecule has 1 amide bonds. The fourth-order valence-electron chi connectivity index (χ4n) is 3.50. The molecule has 4 rings (SSSR count). The van der Waals surface area contributed by atoms with Gasteiger partial charge in [-0.2, -0.15) is 0 Å². The van der Waals surface area contributed by atoms with Crippen molar-refractivity contribution in [1.29, 1.82) is 0 Å². The molecule has 0 aliphatic carbocycles. The fraction of sp³-hybridized carbons (Fsp3) is 0.167. The highest BCUT2D eigenvalue weighted by Crippen LogP contribution is 2.20. The minimum atomic E-state index is -0.436. The Morgan fingerprint density at radius 3 is 2.66 bits per heavy atom. The van der Waals surface area contributed by atoms with E-state index in [0.717, 1.165) is 16.9 Å². The summed E-state index contributed by atoms with van der Waals surface area (Å²) >= 11 is 0. The number of aromatic nitrogens is 2. The van der Waals surface area contributed by atoms with Crippen molar-refractivity contribution >= 4 is 22.6 Å². The zero-order valence-electron chi connectivity index (χ0n) is 16.2. The van der Waals surface area contributed by atoms with E-state index in [1.807, 2.05) is 30.3 Å². The zero-order valence-corrected chi connectivity index (χ0v) is 16.2. The first-order valence-corrected chi connectivity index (χ1v) is 9.64. The van der Waals surface area contributed by atoms with Crippen molar-refractivity contribution in [1.82, 2.24) is 9.55 Å². The van der Waals surface area contributed by atoms with Crippen LogP contribution in [0, 0.1) is 12.7 Å². The molecule has 4 nitrogen and oxygen atoms in total. The molecule has 5 heteroatoms. The molecule has 3 aromatic carbocycles. The zero-order chi connectivity index (χ0) is 20.2. The molecule has 0 saturated carbocycles.